The molecule has 0 spiro atoms. The third-order valence-corrected chi connectivity index (χ3v) is 5.94. The minimum atomic E-state index is -0.916. The Morgan fingerprint density at radius 1 is 1.14 bits per heavy atom. The van der Waals surface area contributed by atoms with Crippen LogP contribution < -0.4 is 10.6 Å². The Hall–Kier alpha value is -2.77. The second-order valence-electron chi connectivity index (χ2n) is 12.5. The lowest BCUT2D eigenvalue weighted by atomic mass is 9.97. The van der Waals surface area contributed by atoms with Crippen molar-refractivity contribution in [2.75, 3.05) is 0 Å². The van der Waals surface area contributed by atoms with Crippen LogP contribution in [-0.2, 0) is 14.3 Å². The number of amides is 3. The maximum Gasteiger partial charge on any atom is 0.408 e. The summed E-state index contributed by atoms with van der Waals surface area (Å²) in [5, 5.41) is 15.9. The molecule has 1 aromatic carbocycles. The Balaban J connectivity index is 2.54. The Morgan fingerprint density at radius 3 is 2.17 bits per heavy atom. The molecule has 0 aliphatic heterocycles. The first kappa shape index (κ1) is 29.5. The number of aromatic hydroxyl groups is 1. The van der Waals surface area contributed by atoms with E-state index in [1.165, 1.54) is 0 Å². The van der Waals surface area contributed by atoms with Crippen LogP contribution in [0, 0.1) is 18.8 Å². The number of phenols is 1. The predicted molar refractivity (Wildman–Crippen MR) is 141 cm³/mol. The summed E-state index contributed by atoms with van der Waals surface area (Å²) >= 11 is 0. The summed E-state index contributed by atoms with van der Waals surface area (Å²) in [6, 6.07) is 3.07. The number of ether oxygens (including phenoxy) is 1. The molecule has 1 aromatic rings. The molecule has 4 unspecified atom stereocenters. The van der Waals surface area contributed by atoms with Gasteiger partial charge < -0.3 is 25.4 Å². The van der Waals surface area contributed by atoms with Gasteiger partial charge in [0.2, 0.25) is 11.8 Å². The molecule has 202 valence electrons. The summed E-state index contributed by atoms with van der Waals surface area (Å²) in [7, 11) is 0. The first-order chi connectivity index (χ1) is 16.4. The van der Waals surface area contributed by atoms with E-state index >= 15 is 0 Å². The van der Waals surface area contributed by atoms with E-state index in [9.17, 15) is 19.5 Å². The molecule has 2 rings (SSSR count). The van der Waals surface area contributed by atoms with E-state index in [0.717, 1.165) is 6.42 Å². The molecule has 3 amide bonds. The Bertz CT molecular complexity index is 961. The number of phenolic OH excluding ortho intramolecular Hbond substituents is 1. The van der Waals surface area contributed by atoms with Gasteiger partial charge in [-0.2, -0.15) is 0 Å². The summed E-state index contributed by atoms with van der Waals surface area (Å²) < 4.78 is 5.44. The Morgan fingerprint density at radius 2 is 1.72 bits per heavy atom. The van der Waals surface area contributed by atoms with Gasteiger partial charge in [0.05, 0.1) is 0 Å². The van der Waals surface area contributed by atoms with Gasteiger partial charge in [-0.25, -0.2) is 4.79 Å². The van der Waals surface area contributed by atoms with E-state index < -0.39 is 29.3 Å². The first-order valence-electron chi connectivity index (χ1n) is 12.8. The zero-order valence-electron chi connectivity index (χ0n) is 23.6. The van der Waals surface area contributed by atoms with Crippen LogP contribution >= 0.6 is 0 Å². The number of carbonyl (C=O) groups is 3. The van der Waals surface area contributed by atoms with Crippen LogP contribution in [0.5, 0.6) is 5.75 Å². The third-order valence-electron chi connectivity index (χ3n) is 5.94. The highest BCUT2D eigenvalue weighted by molar-refractivity contribution is 5.93. The molecule has 4 atom stereocenters. The van der Waals surface area contributed by atoms with Crippen LogP contribution in [0.25, 0.3) is 0 Å². The number of benzene rings is 1. The number of nitrogens with one attached hydrogen (secondary N) is 2. The fourth-order valence-corrected chi connectivity index (χ4v) is 4.22. The number of carbonyl (C=O) groups excluding carboxylic acids is 3. The van der Waals surface area contributed by atoms with Crippen molar-refractivity contribution < 1.29 is 24.2 Å². The van der Waals surface area contributed by atoms with Gasteiger partial charge in [-0.05, 0) is 96.4 Å². The molecule has 1 fully saturated rings. The molecule has 1 aliphatic carbocycles. The van der Waals surface area contributed by atoms with E-state index in [1.807, 2.05) is 41.5 Å². The maximum absolute atomic E-state index is 14.2. The van der Waals surface area contributed by atoms with Gasteiger partial charge in [-0.3, -0.25) is 9.59 Å². The van der Waals surface area contributed by atoms with Crippen molar-refractivity contribution in [2.24, 2.45) is 11.8 Å². The Labute approximate surface area is 216 Å². The minimum Gasteiger partial charge on any atom is -0.508 e. The molecule has 1 saturated carbocycles. The third kappa shape index (κ3) is 8.42. The second-order valence-corrected chi connectivity index (χ2v) is 12.5. The SMILES string of the molecule is Cc1cc(C(C(=O)NC(C)(C)C)N(C(=O)C(CC(C)C)NC(=O)OC(C)(C)C)C2CC2C)ccc1O. The van der Waals surface area contributed by atoms with Crippen molar-refractivity contribution in [3.8, 4) is 5.75 Å². The maximum atomic E-state index is 14.2. The lowest BCUT2D eigenvalue weighted by Crippen LogP contribution is -2.55. The van der Waals surface area contributed by atoms with Gasteiger partial charge >= 0.3 is 6.09 Å². The normalized spacial score (nSPS) is 19.3. The van der Waals surface area contributed by atoms with Crippen molar-refractivity contribution >= 4 is 17.9 Å². The monoisotopic (exact) mass is 503 g/mol. The van der Waals surface area contributed by atoms with Crippen LogP contribution in [0.1, 0.15) is 92.3 Å². The lowest BCUT2D eigenvalue weighted by molar-refractivity contribution is -0.144. The van der Waals surface area contributed by atoms with Gasteiger partial charge in [0.25, 0.3) is 0 Å². The average molecular weight is 504 g/mol. The van der Waals surface area contributed by atoms with Gasteiger partial charge in [-0.15, -0.1) is 0 Å². The van der Waals surface area contributed by atoms with Crippen LogP contribution in [0.3, 0.4) is 0 Å². The summed E-state index contributed by atoms with van der Waals surface area (Å²) in [6.07, 6.45) is 0.502. The standard InChI is InChI=1S/C28H45N3O5/c1-16(2)13-20(29-26(35)36-28(8,9)10)25(34)31(21-15-17(21)3)23(24(33)30-27(5,6)7)19-11-12-22(32)18(4)14-19/h11-12,14,16-17,20-21,23,32H,13,15H2,1-10H3,(H,29,35)(H,30,33). The average Bonchev–Trinajstić information content (AvgIpc) is 3.40. The lowest BCUT2D eigenvalue weighted by Gasteiger charge is -2.37. The van der Waals surface area contributed by atoms with Crippen LogP contribution in [0.4, 0.5) is 4.79 Å². The van der Waals surface area contributed by atoms with Crippen LogP contribution in [0.2, 0.25) is 0 Å². The highest BCUT2D eigenvalue weighted by Gasteiger charge is 2.48. The Kier molecular flexibility index (Phi) is 9.08. The van der Waals surface area contributed by atoms with Gasteiger partial charge in [0.15, 0.2) is 0 Å². The highest BCUT2D eigenvalue weighted by atomic mass is 16.6. The number of alkyl carbamates (subject to hydrolysis) is 1. The molecule has 0 radical (unpaired) electrons. The van der Waals surface area contributed by atoms with Crippen LogP contribution in [-0.4, -0.2) is 51.1 Å². The summed E-state index contributed by atoms with van der Waals surface area (Å²) in [6.45, 7) is 18.7. The zero-order chi connectivity index (χ0) is 27.6. The minimum absolute atomic E-state index is 0.116. The molecule has 8 nitrogen and oxygen atoms in total. The van der Waals surface area contributed by atoms with Crippen molar-refractivity contribution in [1.82, 2.24) is 15.5 Å². The summed E-state index contributed by atoms with van der Waals surface area (Å²) in [5.74, 6) is -0.163. The largest absolute Gasteiger partial charge is 0.508 e. The van der Waals surface area contributed by atoms with Crippen molar-refractivity contribution in [2.45, 2.75) is 111 Å². The number of nitrogens with zero attached hydrogens (tertiary/aromatic N) is 1. The smallest absolute Gasteiger partial charge is 0.408 e. The summed E-state index contributed by atoms with van der Waals surface area (Å²) in [4.78, 5) is 42.2. The fourth-order valence-electron chi connectivity index (χ4n) is 4.22. The molecule has 8 heteroatoms. The van der Waals surface area contributed by atoms with E-state index in [1.54, 1.807) is 50.8 Å². The topological polar surface area (TPSA) is 108 Å². The predicted octanol–water partition coefficient (Wildman–Crippen LogP) is 4.83. The molecular formula is C28H45N3O5. The second kappa shape index (κ2) is 11.1. The van der Waals surface area contributed by atoms with Crippen molar-refractivity contribution in [3.05, 3.63) is 29.3 Å². The zero-order valence-corrected chi connectivity index (χ0v) is 23.6. The number of rotatable bonds is 8. The first-order valence-corrected chi connectivity index (χ1v) is 12.8. The van der Waals surface area contributed by atoms with E-state index in [0.29, 0.717) is 17.5 Å². The summed E-state index contributed by atoms with van der Waals surface area (Å²) in [5.41, 5.74) is -0.00103. The van der Waals surface area contributed by atoms with Gasteiger partial charge in [-0.1, -0.05) is 26.8 Å². The highest BCUT2D eigenvalue weighted by Crippen LogP contribution is 2.41. The van der Waals surface area contributed by atoms with Gasteiger partial charge in [0.1, 0.15) is 23.4 Å². The molecule has 0 aromatic heterocycles. The molecule has 0 saturated heterocycles. The van der Waals surface area contributed by atoms with E-state index in [-0.39, 0.29) is 35.4 Å². The van der Waals surface area contributed by atoms with Crippen LogP contribution in [0.15, 0.2) is 18.2 Å². The van der Waals surface area contributed by atoms with E-state index in [4.69, 9.17) is 4.74 Å². The van der Waals surface area contributed by atoms with Crippen molar-refractivity contribution in [3.63, 3.8) is 0 Å². The van der Waals surface area contributed by atoms with Gasteiger partial charge in [0, 0.05) is 11.6 Å². The fraction of sp³-hybridized carbons (Fsp3) is 0.679. The molecular weight excluding hydrogens is 458 g/mol. The van der Waals surface area contributed by atoms with E-state index in [2.05, 4.69) is 10.6 Å². The number of aryl methyl sites for hydroxylation is 1. The molecule has 0 bridgehead atoms. The molecule has 36 heavy (non-hydrogen) atoms. The molecule has 0 heterocycles. The molecule has 3 N–H and O–H groups in total. The number of hydrogen-bond acceptors (Lipinski definition) is 5. The number of hydrogen-bond donors (Lipinski definition) is 3. The quantitative estimate of drug-likeness (QED) is 0.471. The van der Waals surface area contributed by atoms with Crippen molar-refractivity contribution in [1.29, 1.82) is 0 Å². The molecule has 1 aliphatic rings.